The number of aryl methyl sites for hydroxylation is 1. The molecule has 4 rings (SSSR count). The van der Waals surface area contributed by atoms with E-state index in [4.69, 9.17) is 0 Å². The van der Waals surface area contributed by atoms with Gasteiger partial charge in [-0.05, 0) is 75.6 Å². The van der Waals surface area contributed by atoms with E-state index in [1.54, 1.807) is 0 Å². The molecule has 1 unspecified atom stereocenters. The molecule has 1 atom stereocenters. The summed E-state index contributed by atoms with van der Waals surface area (Å²) in [6.07, 6.45) is 2.55. The van der Waals surface area contributed by atoms with Gasteiger partial charge in [0.05, 0.1) is 0 Å². The first-order valence-corrected chi connectivity index (χ1v) is 10.7. The lowest BCUT2D eigenvalue weighted by Crippen LogP contribution is -2.14. The lowest BCUT2D eigenvalue weighted by Gasteiger charge is -2.15. The molecule has 3 aromatic carbocycles. The molecule has 5 heteroatoms. The molecule has 0 saturated carbocycles. The Morgan fingerprint density at radius 1 is 0.871 bits per heavy atom. The molecular weight excluding hydrogens is 384 g/mol. The topological polar surface area (TPSA) is 52.5 Å². The van der Waals surface area contributed by atoms with Crippen molar-refractivity contribution < 1.29 is 5.11 Å². The van der Waals surface area contributed by atoms with Crippen molar-refractivity contribution in [2.45, 2.75) is 19.2 Å². The van der Waals surface area contributed by atoms with Gasteiger partial charge in [-0.15, -0.1) is 0 Å². The van der Waals surface area contributed by atoms with Gasteiger partial charge in [0.2, 0.25) is 0 Å². The number of aromatic nitrogens is 1. The van der Waals surface area contributed by atoms with Crippen LogP contribution in [-0.2, 0) is 6.54 Å². The van der Waals surface area contributed by atoms with Crippen LogP contribution in [0.1, 0.15) is 18.2 Å². The quantitative estimate of drug-likeness (QED) is 0.319. The second-order valence-electron chi connectivity index (χ2n) is 8.10. The average molecular weight is 415 g/mol. The first-order chi connectivity index (χ1) is 15.1. The Kier molecular flexibility index (Phi) is 6.55. The number of nitrogens with one attached hydrogen (secondary N) is 2. The normalized spacial score (nSPS) is 12.3. The predicted molar refractivity (Wildman–Crippen MR) is 130 cm³/mol. The van der Waals surface area contributed by atoms with Gasteiger partial charge in [0.25, 0.3) is 0 Å². The number of nitrogens with zero attached hydrogens (tertiary/aromatic N) is 2. The third-order valence-electron chi connectivity index (χ3n) is 5.37. The maximum absolute atomic E-state index is 10.4. The summed E-state index contributed by atoms with van der Waals surface area (Å²) in [5.41, 5.74) is 5.00. The number of rotatable bonds is 9. The van der Waals surface area contributed by atoms with Crippen LogP contribution >= 0.6 is 0 Å². The van der Waals surface area contributed by atoms with E-state index in [0.29, 0.717) is 0 Å². The maximum Gasteiger partial charge on any atom is 0.150 e. The molecule has 1 aromatic heterocycles. The lowest BCUT2D eigenvalue weighted by molar-refractivity contribution is 0.208. The molecule has 3 N–H and O–H groups in total. The van der Waals surface area contributed by atoms with Gasteiger partial charge in [0, 0.05) is 46.3 Å². The fourth-order valence-electron chi connectivity index (χ4n) is 3.72. The lowest BCUT2D eigenvalue weighted by atomic mass is 10.1. The van der Waals surface area contributed by atoms with Crippen molar-refractivity contribution in [3.63, 3.8) is 0 Å². The van der Waals surface area contributed by atoms with E-state index in [-0.39, 0.29) is 0 Å². The molecule has 0 radical (unpaired) electrons. The summed E-state index contributed by atoms with van der Waals surface area (Å²) in [6, 6.07) is 26.2. The fraction of sp³-hybridized carbons (Fsp3) is 0.231. The zero-order valence-corrected chi connectivity index (χ0v) is 18.1. The van der Waals surface area contributed by atoms with Crippen LogP contribution in [0, 0.1) is 0 Å². The van der Waals surface area contributed by atoms with Gasteiger partial charge in [-0.1, -0.05) is 30.3 Å². The summed E-state index contributed by atoms with van der Waals surface area (Å²) in [5, 5.41) is 18.2. The van der Waals surface area contributed by atoms with Crippen molar-refractivity contribution in [2.24, 2.45) is 0 Å². The van der Waals surface area contributed by atoms with Crippen molar-refractivity contribution in [1.82, 2.24) is 9.47 Å². The van der Waals surface area contributed by atoms with E-state index in [1.165, 1.54) is 10.9 Å². The zero-order valence-electron chi connectivity index (χ0n) is 18.1. The average Bonchev–Trinajstić information content (AvgIpc) is 3.17. The van der Waals surface area contributed by atoms with Crippen LogP contribution in [-0.4, -0.2) is 35.2 Å². The Balaban J connectivity index is 1.39. The Morgan fingerprint density at radius 2 is 1.61 bits per heavy atom. The van der Waals surface area contributed by atoms with E-state index in [2.05, 4.69) is 64.7 Å². The number of aliphatic hydroxyl groups excluding tert-OH is 1. The van der Waals surface area contributed by atoms with Crippen molar-refractivity contribution in [3.8, 4) is 0 Å². The van der Waals surface area contributed by atoms with Crippen LogP contribution < -0.4 is 10.6 Å². The van der Waals surface area contributed by atoms with E-state index in [1.807, 2.05) is 54.6 Å². The number of hydrogen-bond donors (Lipinski definition) is 3. The molecule has 5 nitrogen and oxygen atoms in total. The number of hydrogen-bond acceptors (Lipinski definition) is 4. The van der Waals surface area contributed by atoms with Crippen molar-refractivity contribution in [1.29, 1.82) is 0 Å². The second kappa shape index (κ2) is 9.69. The van der Waals surface area contributed by atoms with Gasteiger partial charge >= 0.3 is 0 Å². The molecule has 0 aliphatic rings. The molecular formula is C26H30N4O. The highest BCUT2D eigenvalue weighted by Gasteiger charge is 2.08. The summed E-state index contributed by atoms with van der Waals surface area (Å²) in [5.74, 6) is 0. The molecule has 0 spiro atoms. The Bertz CT molecular complexity index is 1100. The summed E-state index contributed by atoms with van der Waals surface area (Å²) in [6.45, 7) is 2.11. The van der Waals surface area contributed by atoms with Crippen molar-refractivity contribution in [3.05, 3.63) is 90.6 Å². The van der Waals surface area contributed by atoms with Crippen LogP contribution in [0.25, 0.3) is 10.9 Å². The first kappa shape index (κ1) is 21.0. The molecule has 0 saturated heterocycles. The van der Waals surface area contributed by atoms with E-state index >= 15 is 0 Å². The minimum absolute atomic E-state index is 0.750. The number of anilines is 3. The van der Waals surface area contributed by atoms with Gasteiger partial charge in [-0.25, -0.2) is 0 Å². The number of aliphatic hydroxyl groups is 1. The fourth-order valence-corrected chi connectivity index (χ4v) is 3.72. The molecule has 1 heterocycles. The molecule has 0 aliphatic heterocycles. The Morgan fingerprint density at radius 3 is 2.35 bits per heavy atom. The van der Waals surface area contributed by atoms with Crippen LogP contribution in [0.3, 0.4) is 0 Å². The highest BCUT2D eigenvalue weighted by molar-refractivity contribution is 5.84. The standard InChI is InChI=1S/C26H30N4O/c1-29(2)16-6-17-30-18-15-21-19-24(13-14-25(21)30)27-23-11-9-20(10-12-23)26(31)28-22-7-4-3-5-8-22/h3-5,7-15,18-19,26-28,31H,6,16-17H2,1-2H3. The zero-order chi connectivity index (χ0) is 21.6. The summed E-state index contributed by atoms with van der Waals surface area (Å²) < 4.78 is 2.32. The summed E-state index contributed by atoms with van der Waals surface area (Å²) in [4.78, 5) is 2.22. The van der Waals surface area contributed by atoms with Crippen LogP contribution in [0.15, 0.2) is 85.1 Å². The van der Waals surface area contributed by atoms with Crippen molar-refractivity contribution >= 4 is 28.0 Å². The molecule has 0 fully saturated rings. The van der Waals surface area contributed by atoms with E-state index in [9.17, 15) is 5.11 Å². The summed E-state index contributed by atoms with van der Waals surface area (Å²) >= 11 is 0. The van der Waals surface area contributed by atoms with Gasteiger partial charge in [0.15, 0.2) is 6.23 Å². The van der Waals surface area contributed by atoms with Crippen LogP contribution in [0.2, 0.25) is 0 Å². The molecule has 0 amide bonds. The minimum atomic E-state index is -0.750. The number of benzene rings is 3. The van der Waals surface area contributed by atoms with Crippen LogP contribution in [0.4, 0.5) is 17.1 Å². The predicted octanol–water partition coefficient (Wildman–Crippen LogP) is 5.44. The number of fused-ring (bicyclic) bond motifs is 1. The Labute approximate surface area is 183 Å². The number of para-hydroxylation sites is 1. The SMILES string of the molecule is CN(C)CCCn1ccc2cc(Nc3ccc(C(O)Nc4ccccc4)cc3)ccc21. The Hall–Kier alpha value is -3.28. The van der Waals surface area contributed by atoms with Gasteiger partial charge in [0.1, 0.15) is 0 Å². The molecule has 160 valence electrons. The molecule has 0 bridgehead atoms. The molecule has 4 aromatic rings. The van der Waals surface area contributed by atoms with E-state index < -0.39 is 6.23 Å². The smallest absolute Gasteiger partial charge is 0.150 e. The van der Waals surface area contributed by atoms with Crippen molar-refractivity contribution in [2.75, 3.05) is 31.3 Å². The molecule has 31 heavy (non-hydrogen) atoms. The monoisotopic (exact) mass is 414 g/mol. The largest absolute Gasteiger partial charge is 0.369 e. The first-order valence-electron chi connectivity index (χ1n) is 10.7. The van der Waals surface area contributed by atoms with E-state index in [0.717, 1.165) is 42.1 Å². The van der Waals surface area contributed by atoms with Gasteiger partial charge in [-0.3, -0.25) is 0 Å². The third kappa shape index (κ3) is 5.45. The summed E-state index contributed by atoms with van der Waals surface area (Å²) in [7, 11) is 4.22. The highest BCUT2D eigenvalue weighted by Crippen LogP contribution is 2.25. The molecule has 0 aliphatic carbocycles. The maximum atomic E-state index is 10.4. The second-order valence-corrected chi connectivity index (χ2v) is 8.10. The van der Waals surface area contributed by atoms with Gasteiger partial charge in [-0.2, -0.15) is 0 Å². The highest BCUT2D eigenvalue weighted by atomic mass is 16.3. The van der Waals surface area contributed by atoms with Gasteiger partial charge < -0.3 is 25.2 Å². The third-order valence-corrected chi connectivity index (χ3v) is 5.37. The minimum Gasteiger partial charge on any atom is -0.369 e. The van der Waals surface area contributed by atoms with Crippen LogP contribution in [0.5, 0.6) is 0 Å².